The van der Waals surface area contributed by atoms with Gasteiger partial charge in [-0.3, -0.25) is 9.59 Å². The molecule has 1 aliphatic rings. The van der Waals surface area contributed by atoms with Gasteiger partial charge in [0.1, 0.15) is 11.4 Å². The van der Waals surface area contributed by atoms with Crippen LogP contribution in [0.4, 0.5) is 4.39 Å². The molecule has 0 saturated carbocycles. The fourth-order valence-electron chi connectivity index (χ4n) is 3.67. The van der Waals surface area contributed by atoms with E-state index >= 15 is 0 Å². The second-order valence-electron chi connectivity index (χ2n) is 7.71. The number of sulfonamides is 1. The maximum Gasteiger partial charge on any atom is 0.247 e. The molecule has 1 N–H and O–H groups in total. The lowest BCUT2D eigenvalue weighted by molar-refractivity contribution is -0.152. The first-order valence-corrected chi connectivity index (χ1v) is 11.5. The van der Waals surface area contributed by atoms with E-state index in [4.69, 9.17) is 0 Å². The minimum Gasteiger partial charge on any atom is -0.350 e. The number of hydrogen-bond acceptors (Lipinski definition) is 4. The highest BCUT2D eigenvalue weighted by atomic mass is 32.2. The Labute approximate surface area is 181 Å². The SMILES string of the molecule is CCCN1C(=O)CN(S(=O)(=O)c2ccccc2)CC1(C)C(=O)NCc1ccc(F)cc1. The third kappa shape index (κ3) is 4.77. The van der Waals surface area contributed by atoms with Gasteiger partial charge in [-0.15, -0.1) is 0 Å². The molecular formula is C22H26FN3O4S. The van der Waals surface area contributed by atoms with Crippen LogP contribution in [0.25, 0.3) is 0 Å². The fraction of sp³-hybridized carbons (Fsp3) is 0.364. The van der Waals surface area contributed by atoms with Crippen LogP contribution in [0.3, 0.4) is 0 Å². The number of amides is 2. The summed E-state index contributed by atoms with van der Waals surface area (Å²) in [6.45, 7) is 3.44. The molecule has 9 heteroatoms. The number of nitrogens with one attached hydrogen (secondary N) is 1. The Bertz CT molecular complexity index is 1040. The van der Waals surface area contributed by atoms with Crippen LogP contribution in [-0.4, -0.2) is 54.6 Å². The predicted molar refractivity (Wildman–Crippen MR) is 114 cm³/mol. The number of piperazine rings is 1. The van der Waals surface area contributed by atoms with Crippen LogP contribution in [0.15, 0.2) is 59.5 Å². The van der Waals surface area contributed by atoms with E-state index in [1.54, 1.807) is 37.3 Å². The van der Waals surface area contributed by atoms with Gasteiger partial charge in [-0.2, -0.15) is 4.31 Å². The average Bonchev–Trinajstić information content (AvgIpc) is 2.76. The first kappa shape index (κ1) is 22.9. The molecule has 0 spiro atoms. The Balaban J connectivity index is 1.86. The topological polar surface area (TPSA) is 86.8 Å². The zero-order valence-electron chi connectivity index (χ0n) is 17.5. The molecule has 1 atom stereocenters. The summed E-state index contributed by atoms with van der Waals surface area (Å²) in [5.74, 6) is -1.27. The molecule has 31 heavy (non-hydrogen) atoms. The Kier molecular flexibility index (Phi) is 6.76. The Morgan fingerprint density at radius 3 is 2.39 bits per heavy atom. The monoisotopic (exact) mass is 447 g/mol. The van der Waals surface area contributed by atoms with Gasteiger partial charge in [-0.25, -0.2) is 12.8 Å². The van der Waals surface area contributed by atoms with Crippen LogP contribution in [0.5, 0.6) is 0 Å². The predicted octanol–water partition coefficient (Wildman–Crippen LogP) is 2.14. The molecule has 2 aromatic rings. The summed E-state index contributed by atoms with van der Waals surface area (Å²) in [6, 6.07) is 13.5. The van der Waals surface area contributed by atoms with Gasteiger partial charge in [0.2, 0.25) is 21.8 Å². The van der Waals surface area contributed by atoms with E-state index in [2.05, 4.69) is 5.32 Å². The van der Waals surface area contributed by atoms with Gasteiger partial charge in [-0.05, 0) is 43.2 Å². The number of rotatable bonds is 7. The number of nitrogens with zero attached hydrogens (tertiary/aromatic N) is 2. The summed E-state index contributed by atoms with van der Waals surface area (Å²) in [5.41, 5.74) is -0.691. The Morgan fingerprint density at radius 1 is 1.13 bits per heavy atom. The van der Waals surface area contributed by atoms with Crippen molar-refractivity contribution in [2.24, 2.45) is 0 Å². The quantitative estimate of drug-likeness (QED) is 0.705. The summed E-state index contributed by atoms with van der Waals surface area (Å²) in [5, 5.41) is 2.77. The number of hydrogen-bond donors (Lipinski definition) is 1. The molecule has 3 rings (SSSR count). The van der Waals surface area contributed by atoms with Gasteiger partial charge in [0, 0.05) is 19.6 Å². The molecule has 0 aliphatic carbocycles. The third-order valence-corrected chi connectivity index (χ3v) is 7.18. The van der Waals surface area contributed by atoms with Crippen molar-refractivity contribution < 1.29 is 22.4 Å². The van der Waals surface area contributed by atoms with Gasteiger partial charge in [-0.1, -0.05) is 37.3 Å². The van der Waals surface area contributed by atoms with Gasteiger partial charge in [0.05, 0.1) is 11.4 Å². The van der Waals surface area contributed by atoms with Crippen molar-refractivity contribution >= 4 is 21.8 Å². The standard InChI is InChI=1S/C22H26FN3O4S/c1-3-13-26-20(27)15-25(31(29,30)19-7-5-4-6-8-19)16-22(26,2)21(28)24-14-17-9-11-18(23)12-10-17/h4-12H,3,13-16H2,1-2H3,(H,24,28). The average molecular weight is 448 g/mol. The van der Waals surface area contributed by atoms with E-state index in [9.17, 15) is 22.4 Å². The Morgan fingerprint density at radius 2 is 1.77 bits per heavy atom. The molecule has 0 bridgehead atoms. The van der Waals surface area contributed by atoms with Crippen LogP contribution in [-0.2, 0) is 26.2 Å². The van der Waals surface area contributed by atoms with Crippen LogP contribution in [0.2, 0.25) is 0 Å². The third-order valence-electron chi connectivity index (χ3n) is 5.38. The highest BCUT2D eigenvalue weighted by Gasteiger charge is 2.49. The first-order chi connectivity index (χ1) is 14.7. The molecule has 1 heterocycles. The maximum atomic E-state index is 13.2. The summed E-state index contributed by atoms with van der Waals surface area (Å²) >= 11 is 0. The zero-order valence-corrected chi connectivity index (χ0v) is 18.4. The molecule has 166 valence electrons. The molecule has 2 amide bonds. The van der Waals surface area contributed by atoms with Crippen molar-refractivity contribution in [2.45, 2.75) is 37.2 Å². The van der Waals surface area contributed by atoms with E-state index < -0.39 is 27.4 Å². The minimum absolute atomic E-state index is 0.0702. The summed E-state index contributed by atoms with van der Waals surface area (Å²) in [6.07, 6.45) is 0.623. The van der Waals surface area contributed by atoms with Gasteiger partial charge < -0.3 is 10.2 Å². The van der Waals surface area contributed by atoms with Gasteiger partial charge in [0.15, 0.2) is 0 Å². The number of benzene rings is 2. The van der Waals surface area contributed by atoms with Gasteiger partial charge >= 0.3 is 0 Å². The highest BCUT2D eigenvalue weighted by Crippen LogP contribution is 2.28. The number of carbonyl (C=O) groups excluding carboxylic acids is 2. The van der Waals surface area contributed by atoms with E-state index in [0.717, 1.165) is 4.31 Å². The number of carbonyl (C=O) groups is 2. The Hall–Kier alpha value is -2.78. The fourth-order valence-corrected chi connectivity index (χ4v) is 5.17. The van der Waals surface area contributed by atoms with E-state index in [0.29, 0.717) is 18.5 Å². The van der Waals surface area contributed by atoms with Crippen molar-refractivity contribution in [1.82, 2.24) is 14.5 Å². The first-order valence-electron chi connectivity index (χ1n) is 10.1. The van der Waals surface area contributed by atoms with E-state index in [1.807, 2.05) is 6.92 Å². The van der Waals surface area contributed by atoms with Crippen molar-refractivity contribution in [3.05, 3.63) is 66.0 Å². The van der Waals surface area contributed by atoms with Crippen LogP contribution < -0.4 is 5.32 Å². The molecule has 2 aromatic carbocycles. The van der Waals surface area contributed by atoms with Gasteiger partial charge in [0.25, 0.3) is 0 Å². The van der Waals surface area contributed by atoms with Crippen molar-refractivity contribution in [1.29, 1.82) is 0 Å². The van der Waals surface area contributed by atoms with E-state index in [-0.39, 0.29) is 30.3 Å². The summed E-state index contributed by atoms with van der Waals surface area (Å²) < 4.78 is 40.4. The second kappa shape index (κ2) is 9.15. The molecule has 1 fully saturated rings. The lowest BCUT2D eigenvalue weighted by atomic mass is 9.95. The van der Waals surface area contributed by atoms with Crippen LogP contribution >= 0.6 is 0 Å². The normalized spacial score (nSPS) is 20.0. The smallest absolute Gasteiger partial charge is 0.247 e. The lowest BCUT2D eigenvalue weighted by Gasteiger charge is -2.46. The molecule has 7 nitrogen and oxygen atoms in total. The van der Waals surface area contributed by atoms with Crippen LogP contribution in [0, 0.1) is 5.82 Å². The summed E-state index contributed by atoms with van der Waals surface area (Å²) in [7, 11) is -3.95. The van der Waals surface area contributed by atoms with Crippen molar-refractivity contribution in [3.8, 4) is 0 Å². The molecule has 1 saturated heterocycles. The molecule has 0 aromatic heterocycles. The molecule has 0 radical (unpaired) electrons. The molecule has 1 aliphatic heterocycles. The molecule has 1 unspecified atom stereocenters. The minimum atomic E-state index is -3.95. The highest BCUT2D eigenvalue weighted by molar-refractivity contribution is 7.89. The summed E-state index contributed by atoms with van der Waals surface area (Å²) in [4.78, 5) is 27.6. The zero-order chi connectivity index (χ0) is 22.6. The maximum absolute atomic E-state index is 13.2. The van der Waals surface area contributed by atoms with Crippen molar-refractivity contribution in [2.75, 3.05) is 19.6 Å². The number of halogens is 1. The second-order valence-corrected chi connectivity index (χ2v) is 9.65. The van der Waals surface area contributed by atoms with Crippen molar-refractivity contribution in [3.63, 3.8) is 0 Å². The van der Waals surface area contributed by atoms with E-state index in [1.165, 1.54) is 29.2 Å². The largest absolute Gasteiger partial charge is 0.350 e. The molecular weight excluding hydrogens is 421 g/mol. The van der Waals surface area contributed by atoms with Crippen LogP contribution in [0.1, 0.15) is 25.8 Å². The lowest BCUT2D eigenvalue weighted by Crippen LogP contribution is -2.69.